The second kappa shape index (κ2) is 11.3. The van der Waals surface area contributed by atoms with Crippen molar-refractivity contribution in [2.45, 2.75) is 24.5 Å². The van der Waals surface area contributed by atoms with Crippen LogP contribution in [0.5, 0.6) is 0 Å². The molecule has 0 aromatic heterocycles. The molecule has 9 nitrogen and oxygen atoms in total. The van der Waals surface area contributed by atoms with Gasteiger partial charge in [0, 0.05) is 13.6 Å². The Morgan fingerprint density at radius 2 is 1.46 bits per heavy atom. The summed E-state index contributed by atoms with van der Waals surface area (Å²) in [7, 11) is -2.40. The lowest BCUT2D eigenvalue weighted by Crippen LogP contribution is -2.44. The summed E-state index contributed by atoms with van der Waals surface area (Å²) in [5.74, 6) is -1.63. The maximum atomic E-state index is 12.8. The molecule has 0 aliphatic carbocycles. The number of nitrogens with zero attached hydrogens (tertiary/aromatic N) is 1. The third kappa shape index (κ3) is 6.67. The predicted molar refractivity (Wildman–Crippen MR) is 130 cm³/mol. The van der Waals surface area contributed by atoms with Gasteiger partial charge in [-0.3, -0.25) is 14.4 Å². The first kappa shape index (κ1) is 25.4. The van der Waals surface area contributed by atoms with Crippen LogP contribution in [0.4, 0.5) is 10.5 Å². The Kier molecular flexibility index (Phi) is 8.21. The Labute approximate surface area is 203 Å². The highest BCUT2D eigenvalue weighted by atomic mass is 32.2. The number of carbonyl (C=O) groups is 3. The molecule has 3 amide bonds. The Morgan fingerprint density at radius 1 is 0.886 bits per heavy atom. The van der Waals surface area contributed by atoms with Crippen LogP contribution in [0.1, 0.15) is 22.8 Å². The molecule has 0 spiro atoms. The first-order chi connectivity index (χ1) is 16.7. The Balaban J connectivity index is 1.55. The maximum absolute atomic E-state index is 12.8. The number of esters is 1. The van der Waals surface area contributed by atoms with E-state index in [9.17, 15) is 22.8 Å². The smallest absolute Gasteiger partial charge is 0.338 e. The fourth-order valence-corrected chi connectivity index (χ4v) is 4.21. The van der Waals surface area contributed by atoms with Gasteiger partial charge in [0.15, 0.2) is 6.10 Å². The van der Waals surface area contributed by atoms with Crippen LogP contribution in [0.15, 0.2) is 89.8 Å². The van der Waals surface area contributed by atoms with E-state index >= 15 is 0 Å². The van der Waals surface area contributed by atoms with Gasteiger partial charge < -0.3 is 10.1 Å². The summed E-state index contributed by atoms with van der Waals surface area (Å²) in [4.78, 5) is 36.5. The average Bonchev–Trinajstić information content (AvgIpc) is 2.88. The normalized spacial score (nSPS) is 11.7. The molecule has 10 heteroatoms. The van der Waals surface area contributed by atoms with Crippen molar-refractivity contribution in [3.63, 3.8) is 0 Å². The molecule has 0 heterocycles. The maximum Gasteiger partial charge on any atom is 0.338 e. The molecule has 0 aliphatic heterocycles. The van der Waals surface area contributed by atoms with Gasteiger partial charge in [0.1, 0.15) is 0 Å². The van der Waals surface area contributed by atoms with Gasteiger partial charge in [0.2, 0.25) is 0 Å². The predicted octanol–water partition coefficient (Wildman–Crippen LogP) is 3.08. The zero-order valence-electron chi connectivity index (χ0n) is 19.2. The number of hydrogen-bond acceptors (Lipinski definition) is 6. The van der Waals surface area contributed by atoms with Crippen LogP contribution in [-0.2, 0) is 26.1 Å². The van der Waals surface area contributed by atoms with Crippen LogP contribution >= 0.6 is 0 Å². The van der Waals surface area contributed by atoms with Gasteiger partial charge in [-0.2, -0.15) is 0 Å². The summed E-state index contributed by atoms with van der Waals surface area (Å²) in [6.45, 7) is 1.55. The van der Waals surface area contributed by atoms with Crippen molar-refractivity contribution in [1.82, 2.24) is 10.6 Å². The molecule has 0 radical (unpaired) electrons. The van der Waals surface area contributed by atoms with Crippen molar-refractivity contribution >= 4 is 33.6 Å². The summed E-state index contributed by atoms with van der Waals surface area (Å²) >= 11 is 0. The highest BCUT2D eigenvalue weighted by Gasteiger charge is 2.23. The lowest BCUT2D eigenvalue weighted by Gasteiger charge is -2.19. The number of sulfonamides is 1. The number of benzene rings is 3. The van der Waals surface area contributed by atoms with Gasteiger partial charge in [0.25, 0.3) is 15.9 Å². The molecule has 0 saturated carbocycles. The first-order valence-corrected chi connectivity index (χ1v) is 12.1. The molecule has 0 saturated heterocycles. The summed E-state index contributed by atoms with van der Waals surface area (Å²) < 4.78 is 31.9. The molecule has 1 atom stereocenters. The zero-order chi connectivity index (χ0) is 25.4. The minimum absolute atomic E-state index is 0.0127. The molecule has 0 bridgehead atoms. The first-order valence-electron chi connectivity index (χ1n) is 10.7. The fraction of sp³-hybridized carbons (Fsp3) is 0.160. The average molecular weight is 496 g/mol. The number of hydrogen-bond donors (Lipinski definition) is 2. The second-order valence-corrected chi connectivity index (χ2v) is 9.51. The molecule has 182 valence electrons. The van der Waals surface area contributed by atoms with E-state index in [1.165, 1.54) is 38.2 Å². The summed E-state index contributed by atoms with van der Waals surface area (Å²) in [6.07, 6.45) is -1.25. The lowest BCUT2D eigenvalue weighted by atomic mass is 10.2. The Bertz CT molecular complexity index is 1280. The van der Waals surface area contributed by atoms with Crippen molar-refractivity contribution in [3.05, 3.63) is 96.1 Å². The van der Waals surface area contributed by atoms with Gasteiger partial charge in [-0.25, -0.2) is 18.0 Å². The van der Waals surface area contributed by atoms with Crippen molar-refractivity contribution in [2.75, 3.05) is 11.4 Å². The van der Waals surface area contributed by atoms with E-state index in [0.29, 0.717) is 5.69 Å². The summed E-state index contributed by atoms with van der Waals surface area (Å²) in [5.41, 5.74) is 1.40. The number of anilines is 1. The molecule has 3 aromatic carbocycles. The van der Waals surface area contributed by atoms with Gasteiger partial charge in [-0.05, 0) is 48.9 Å². The van der Waals surface area contributed by atoms with Crippen molar-refractivity contribution in [1.29, 1.82) is 0 Å². The topological polar surface area (TPSA) is 122 Å². The highest BCUT2D eigenvalue weighted by Crippen LogP contribution is 2.22. The number of urea groups is 1. The van der Waals surface area contributed by atoms with Crippen molar-refractivity contribution in [3.8, 4) is 0 Å². The standard InChI is InChI=1S/C25H25N3O6S/c1-18(23(29)27-25(31)26-17-19-9-5-3-6-10-19)34-24(30)20-13-15-22(16-14-20)35(32,33)28(2)21-11-7-4-8-12-21/h3-16,18H,17H2,1-2H3,(H2,26,27,29,31). The molecule has 2 N–H and O–H groups in total. The van der Waals surface area contributed by atoms with Crippen LogP contribution in [0.25, 0.3) is 0 Å². The quantitative estimate of drug-likeness (QED) is 0.463. The number of para-hydroxylation sites is 1. The minimum Gasteiger partial charge on any atom is -0.449 e. The molecular formula is C25H25N3O6S. The Hall–Kier alpha value is -4.18. The van der Waals surface area contributed by atoms with Crippen LogP contribution in [0.2, 0.25) is 0 Å². The molecular weight excluding hydrogens is 470 g/mol. The van der Waals surface area contributed by atoms with Gasteiger partial charge >= 0.3 is 12.0 Å². The van der Waals surface area contributed by atoms with Crippen LogP contribution < -0.4 is 14.9 Å². The van der Waals surface area contributed by atoms with E-state index in [1.54, 1.807) is 30.3 Å². The van der Waals surface area contributed by atoms with Crippen LogP contribution in [0.3, 0.4) is 0 Å². The van der Waals surface area contributed by atoms with Crippen molar-refractivity contribution < 1.29 is 27.5 Å². The van der Waals surface area contributed by atoms with Gasteiger partial charge in [-0.1, -0.05) is 48.5 Å². The minimum atomic E-state index is -3.84. The lowest BCUT2D eigenvalue weighted by molar-refractivity contribution is -0.127. The van der Waals surface area contributed by atoms with E-state index in [-0.39, 0.29) is 17.0 Å². The van der Waals surface area contributed by atoms with E-state index in [2.05, 4.69) is 10.6 Å². The third-order valence-corrected chi connectivity index (χ3v) is 6.85. The number of carbonyl (C=O) groups excluding carboxylic acids is 3. The summed E-state index contributed by atoms with van der Waals surface area (Å²) in [5, 5.41) is 4.65. The third-order valence-electron chi connectivity index (χ3n) is 5.05. The zero-order valence-corrected chi connectivity index (χ0v) is 20.0. The molecule has 3 rings (SSSR count). The van der Waals surface area contributed by atoms with Gasteiger partial charge in [0.05, 0.1) is 16.1 Å². The number of imide groups is 1. The highest BCUT2D eigenvalue weighted by molar-refractivity contribution is 7.92. The molecule has 1 unspecified atom stereocenters. The Morgan fingerprint density at radius 3 is 2.06 bits per heavy atom. The second-order valence-electron chi connectivity index (χ2n) is 7.54. The fourth-order valence-electron chi connectivity index (χ4n) is 3.02. The molecule has 35 heavy (non-hydrogen) atoms. The van der Waals surface area contributed by atoms with Crippen LogP contribution in [-0.4, -0.2) is 39.5 Å². The van der Waals surface area contributed by atoms with E-state index in [0.717, 1.165) is 9.87 Å². The van der Waals surface area contributed by atoms with E-state index < -0.39 is 34.0 Å². The van der Waals surface area contributed by atoms with E-state index in [1.807, 2.05) is 30.3 Å². The number of nitrogens with one attached hydrogen (secondary N) is 2. The summed E-state index contributed by atoms with van der Waals surface area (Å²) in [6, 6.07) is 22.1. The molecule has 0 fully saturated rings. The van der Waals surface area contributed by atoms with Crippen LogP contribution in [0, 0.1) is 0 Å². The van der Waals surface area contributed by atoms with Crippen molar-refractivity contribution in [2.24, 2.45) is 0 Å². The number of amides is 3. The molecule has 0 aliphatic rings. The molecule has 3 aromatic rings. The van der Waals surface area contributed by atoms with E-state index in [4.69, 9.17) is 4.74 Å². The number of rotatable bonds is 8. The monoisotopic (exact) mass is 495 g/mol. The SMILES string of the molecule is CC(OC(=O)c1ccc(S(=O)(=O)N(C)c2ccccc2)cc1)C(=O)NC(=O)NCc1ccccc1. The number of ether oxygens (including phenoxy) is 1. The largest absolute Gasteiger partial charge is 0.449 e. The van der Waals surface area contributed by atoms with Gasteiger partial charge in [-0.15, -0.1) is 0 Å².